The summed E-state index contributed by atoms with van der Waals surface area (Å²) in [6.45, 7) is -0.400. The van der Waals surface area contributed by atoms with Crippen LogP contribution in [0.5, 0.6) is 0 Å². The first kappa shape index (κ1) is 25.4. The zero-order valence-corrected chi connectivity index (χ0v) is 13.3. The van der Waals surface area contributed by atoms with Gasteiger partial charge in [-0.2, -0.15) is 43.9 Å². The molecule has 0 saturated heterocycles. The van der Waals surface area contributed by atoms with Crippen LogP contribution in [0.1, 0.15) is 20.3 Å². The van der Waals surface area contributed by atoms with Crippen molar-refractivity contribution >= 4 is 6.16 Å². The molecule has 0 aliphatic rings. The maximum absolute atomic E-state index is 13.3. The minimum Gasteiger partial charge on any atom is -0.431 e. The Balaban J connectivity index is 5.63. The average Bonchev–Trinajstić information content (AvgIpc) is 2.51. The summed E-state index contributed by atoms with van der Waals surface area (Å²) >= 11 is 0. The van der Waals surface area contributed by atoms with Gasteiger partial charge in [0.1, 0.15) is 6.10 Å². The highest BCUT2D eigenvalue weighted by molar-refractivity contribution is 5.60. The Morgan fingerprint density at radius 1 is 0.852 bits per heavy atom. The lowest BCUT2D eigenvalue weighted by atomic mass is 9.94. The summed E-state index contributed by atoms with van der Waals surface area (Å²) in [7, 11) is 0. The van der Waals surface area contributed by atoms with Gasteiger partial charge in [-0.15, -0.1) is 0 Å². The van der Waals surface area contributed by atoms with Crippen molar-refractivity contribution in [2.45, 2.75) is 62.4 Å². The summed E-state index contributed by atoms with van der Waals surface area (Å²) in [5, 5.41) is 0. The fourth-order valence-corrected chi connectivity index (χ4v) is 1.30. The largest absolute Gasteiger partial charge is 0.508 e. The molecule has 0 aliphatic heterocycles. The van der Waals surface area contributed by atoms with Crippen molar-refractivity contribution in [3.8, 4) is 0 Å². The van der Waals surface area contributed by atoms with Crippen LogP contribution in [0.2, 0.25) is 0 Å². The van der Waals surface area contributed by atoms with E-state index < -0.39 is 54.9 Å². The molecule has 0 bridgehead atoms. The molecule has 0 N–H and O–H groups in total. The van der Waals surface area contributed by atoms with Gasteiger partial charge in [-0.05, 0) is 13.3 Å². The van der Waals surface area contributed by atoms with Crippen LogP contribution in [0.3, 0.4) is 0 Å². The van der Waals surface area contributed by atoms with Crippen molar-refractivity contribution in [1.82, 2.24) is 0 Å². The molecule has 0 amide bonds. The molecule has 0 saturated carbocycles. The Hall–Kier alpha value is -1.57. The molecule has 0 aromatic heterocycles. The van der Waals surface area contributed by atoms with E-state index in [2.05, 4.69) is 9.47 Å². The molecular weight excluding hydrogens is 420 g/mol. The van der Waals surface area contributed by atoms with Crippen molar-refractivity contribution in [1.29, 1.82) is 0 Å². The summed E-state index contributed by atoms with van der Waals surface area (Å²) in [6, 6.07) is 0. The summed E-state index contributed by atoms with van der Waals surface area (Å²) in [5.41, 5.74) is 0. The van der Waals surface area contributed by atoms with Gasteiger partial charge in [0.2, 0.25) is 0 Å². The lowest BCUT2D eigenvalue weighted by Crippen LogP contribution is -2.69. The van der Waals surface area contributed by atoms with Gasteiger partial charge in [0.05, 0.1) is 0 Å². The highest BCUT2D eigenvalue weighted by Gasteiger charge is 2.87. The molecule has 0 radical (unpaired) electrons. The number of carbonyl (C=O) groups is 1. The molecule has 0 aromatic rings. The molecular formula is C12H12F12O3. The number of rotatable bonds is 9. The van der Waals surface area contributed by atoms with E-state index >= 15 is 0 Å². The molecule has 0 spiro atoms. The highest BCUT2D eigenvalue weighted by atomic mass is 19.4. The fraction of sp³-hybridized carbons (Fsp3) is 0.917. The molecule has 0 aliphatic carbocycles. The van der Waals surface area contributed by atoms with Crippen LogP contribution in [0.4, 0.5) is 57.5 Å². The van der Waals surface area contributed by atoms with Crippen LogP contribution in [-0.4, -0.2) is 54.9 Å². The number of carbonyl (C=O) groups excluding carboxylic acids is 1. The first-order valence-corrected chi connectivity index (χ1v) is 6.80. The second-order valence-electron chi connectivity index (χ2n) is 5.23. The third kappa shape index (κ3) is 4.47. The lowest BCUT2D eigenvalue weighted by Gasteiger charge is -2.38. The van der Waals surface area contributed by atoms with E-state index in [1.165, 1.54) is 13.8 Å². The van der Waals surface area contributed by atoms with Crippen molar-refractivity contribution in [3.63, 3.8) is 0 Å². The molecule has 0 unspecified atom stereocenters. The number of ether oxygens (including phenoxy) is 2. The van der Waals surface area contributed by atoms with E-state index in [0.29, 0.717) is 0 Å². The highest BCUT2D eigenvalue weighted by Crippen LogP contribution is 2.58. The maximum atomic E-state index is 13.3. The van der Waals surface area contributed by atoms with Crippen LogP contribution in [0.25, 0.3) is 0 Å². The smallest absolute Gasteiger partial charge is 0.431 e. The van der Waals surface area contributed by atoms with Crippen LogP contribution in [0, 0.1) is 0 Å². The van der Waals surface area contributed by atoms with Crippen LogP contribution < -0.4 is 0 Å². The normalized spacial score (nSPS) is 15.7. The number of hydrogen-bond acceptors (Lipinski definition) is 3. The molecule has 162 valence electrons. The van der Waals surface area contributed by atoms with E-state index in [1.54, 1.807) is 0 Å². The second kappa shape index (κ2) is 7.81. The van der Waals surface area contributed by atoms with Crippen LogP contribution in [0.15, 0.2) is 0 Å². The van der Waals surface area contributed by atoms with Gasteiger partial charge in [0.15, 0.2) is 6.61 Å². The molecule has 0 rings (SSSR count). The van der Waals surface area contributed by atoms with Crippen molar-refractivity contribution in [3.05, 3.63) is 0 Å². The quantitative estimate of drug-likeness (QED) is 0.363. The Morgan fingerprint density at radius 3 is 1.67 bits per heavy atom. The van der Waals surface area contributed by atoms with E-state index in [-0.39, 0.29) is 6.42 Å². The van der Waals surface area contributed by atoms with Gasteiger partial charge in [0, 0.05) is 0 Å². The molecule has 0 fully saturated rings. The van der Waals surface area contributed by atoms with Crippen molar-refractivity contribution in [2.75, 3.05) is 6.61 Å². The molecule has 3 nitrogen and oxygen atoms in total. The van der Waals surface area contributed by atoms with Gasteiger partial charge < -0.3 is 9.47 Å². The fourth-order valence-electron chi connectivity index (χ4n) is 1.30. The summed E-state index contributed by atoms with van der Waals surface area (Å²) in [5.74, 6) is -36.0. The first-order chi connectivity index (χ1) is 11.8. The third-order valence-corrected chi connectivity index (χ3v) is 3.18. The summed E-state index contributed by atoms with van der Waals surface area (Å²) in [4.78, 5) is 10.9. The molecule has 0 heterocycles. The SMILES string of the molecule is CC[C@H](C)OC(=O)OCC(F)(F)C(F)(F)C(F)(F)C(F)(F)C(F)(F)C(F)F. The van der Waals surface area contributed by atoms with Crippen LogP contribution >= 0.6 is 0 Å². The standard InChI is InChI=1S/C12H12F12O3/c1-3-5(2)27-7(25)26-4-8(15,16)10(19,20)12(23,24)11(21,22)9(17,18)6(13)14/h5-6H,3-4H2,1-2H3/t5-/m0/s1. The summed E-state index contributed by atoms with van der Waals surface area (Å²) in [6.07, 6.45) is -8.58. The molecule has 27 heavy (non-hydrogen) atoms. The predicted octanol–water partition coefficient (Wildman–Crippen LogP) is 5.38. The molecule has 1 atom stereocenters. The molecule has 15 heteroatoms. The number of halogens is 12. The van der Waals surface area contributed by atoms with Gasteiger partial charge >= 0.3 is 42.2 Å². The van der Waals surface area contributed by atoms with E-state index in [4.69, 9.17) is 0 Å². The number of hydrogen-bond donors (Lipinski definition) is 0. The third-order valence-electron chi connectivity index (χ3n) is 3.18. The Labute approximate surface area is 143 Å². The van der Waals surface area contributed by atoms with Gasteiger partial charge in [-0.1, -0.05) is 6.92 Å². The Bertz CT molecular complexity index is 520. The first-order valence-electron chi connectivity index (χ1n) is 6.80. The Morgan fingerprint density at radius 2 is 1.30 bits per heavy atom. The minimum absolute atomic E-state index is 0.0780. The molecule has 0 aromatic carbocycles. The van der Waals surface area contributed by atoms with Gasteiger partial charge in [-0.25, -0.2) is 13.6 Å². The zero-order chi connectivity index (χ0) is 22.1. The van der Waals surface area contributed by atoms with Gasteiger partial charge in [-0.3, -0.25) is 0 Å². The maximum Gasteiger partial charge on any atom is 0.508 e. The van der Waals surface area contributed by atoms with E-state index in [0.717, 1.165) is 0 Å². The van der Waals surface area contributed by atoms with E-state index in [1.807, 2.05) is 0 Å². The lowest BCUT2D eigenvalue weighted by molar-refractivity contribution is -0.414. The predicted molar refractivity (Wildman–Crippen MR) is 62.9 cm³/mol. The average molecular weight is 432 g/mol. The van der Waals surface area contributed by atoms with Crippen molar-refractivity contribution in [2.24, 2.45) is 0 Å². The van der Waals surface area contributed by atoms with Crippen LogP contribution in [-0.2, 0) is 9.47 Å². The Kier molecular flexibility index (Phi) is 7.36. The monoisotopic (exact) mass is 432 g/mol. The summed E-state index contributed by atoms with van der Waals surface area (Å²) < 4.78 is 162. The minimum atomic E-state index is -7.66. The van der Waals surface area contributed by atoms with E-state index in [9.17, 15) is 57.5 Å². The topological polar surface area (TPSA) is 35.5 Å². The zero-order valence-electron chi connectivity index (χ0n) is 13.3. The van der Waals surface area contributed by atoms with Gasteiger partial charge in [0.25, 0.3) is 0 Å². The second-order valence-corrected chi connectivity index (χ2v) is 5.23. The number of alkyl halides is 12. The van der Waals surface area contributed by atoms with Crippen molar-refractivity contribution < 1.29 is 67.0 Å².